The number of rotatable bonds is 3. The van der Waals surface area contributed by atoms with E-state index in [9.17, 15) is 4.79 Å². The highest BCUT2D eigenvalue weighted by Gasteiger charge is 2.08. The molecule has 0 bridgehead atoms. The van der Waals surface area contributed by atoms with E-state index in [0.29, 0.717) is 15.7 Å². The zero-order chi connectivity index (χ0) is 14.5. The summed E-state index contributed by atoms with van der Waals surface area (Å²) in [6, 6.07) is 12.2. The predicted molar refractivity (Wildman–Crippen MR) is 84.9 cm³/mol. The van der Waals surface area contributed by atoms with Crippen LogP contribution in [0.4, 0.5) is 16.2 Å². The van der Waals surface area contributed by atoms with Crippen LogP contribution < -0.4 is 10.6 Å². The second-order valence-corrected chi connectivity index (χ2v) is 5.06. The van der Waals surface area contributed by atoms with Crippen LogP contribution in [0.15, 0.2) is 42.5 Å². The fraction of sp³-hybridized carbons (Fsp3) is 0.133. The van der Waals surface area contributed by atoms with Crippen molar-refractivity contribution in [3.05, 3.63) is 58.1 Å². The van der Waals surface area contributed by atoms with Gasteiger partial charge in [0, 0.05) is 10.7 Å². The maximum absolute atomic E-state index is 12.0. The Morgan fingerprint density at radius 2 is 1.75 bits per heavy atom. The van der Waals surface area contributed by atoms with E-state index in [1.54, 1.807) is 18.2 Å². The lowest BCUT2D eigenvalue weighted by Gasteiger charge is -2.11. The zero-order valence-electron chi connectivity index (χ0n) is 10.9. The van der Waals surface area contributed by atoms with E-state index in [1.807, 2.05) is 31.2 Å². The summed E-state index contributed by atoms with van der Waals surface area (Å²) in [6.45, 7) is 2.04. The lowest BCUT2D eigenvalue weighted by Crippen LogP contribution is -2.20. The molecule has 0 spiro atoms. The Hall–Kier alpha value is -1.71. The van der Waals surface area contributed by atoms with Crippen molar-refractivity contribution >= 4 is 40.6 Å². The maximum atomic E-state index is 12.0. The summed E-state index contributed by atoms with van der Waals surface area (Å²) in [5.41, 5.74) is 2.38. The van der Waals surface area contributed by atoms with Crippen molar-refractivity contribution in [2.75, 3.05) is 10.6 Å². The second kappa shape index (κ2) is 6.64. The van der Waals surface area contributed by atoms with Gasteiger partial charge in [-0.25, -0.2) is 4.79 Å². The van der Waals surface area contributed by atoms with Crippen LogP contribution >= 0.6 is 23.2 Å². The number of benzene rings is 2. The van der Waals surface area contributed by atoms with Gasteiger partial charge in [-0.1, -0.05) is 48.3 Å². The highest BCUT2D eigenvalue weighted by atomic mass is 35.5. The minimum absolute atomic E-state index is 0.338. The molecule has 3 nitrogen and oxygen atoms in total. The normalized spacial score (nSPS) is 10.2. The van der Waals surface area contributed by atoms with Crippen molar-refractivity contribution < 1.29 is 4.79 Å². The van der Waals surface area contributed by atoms with Crippen molar-refractivity contribution in [3.8, 4) is 0 Å². The van der Waals surface area contributed by atoms with Gasteiger partial charge in [-0.05, 0) is 36.2 Å². The highest BCUT2D eigenvalue weighted by Crippen LogP contribution is 2.25. The summed E-state index contributed by atoms with van der Waals surface area (Å²) in [6.07, 6.45) is 0.845. The van der Waals surface area contributed by atoms with Crippen LogP contribution in [0, 0.1) is 0 Å². The predicted octanol–water partition coefficient (Wildman–Crippen LogP) is 5.20. The molecule has 0 aliphatic heterocycles. The fourth-order valence-corrected chi connectivity index (χ4v) is 2.27. The molecule has 0 aliphatic carbocycles. The molecular weight excluding hydrogens is 295 g/mol. The number of hydrogen-bond acceptors (Lipinski definition) is 1. The van der Waals surface area contributed by atoms with Gasteiger partial charge < -0.3 is 10.6 Å². The first-order valence-electron chi connectivity index (χ1n) is 6.21. The van der Waals surface area contributed by atoms with Crippen LogP contribution in [-0.4, -0.2) is 6.03 Å². The minimum atomic E-state index is -0.338. The monoisotopic (exact) mass is 308 g/mol. The van der Waals surface area contributed by atoms with Gasteiger partial charge in [-0.3, -0.25) is 0 Å². The summed E-state index contributed by atoms with van der Waals surface area (Å²) >= 11 is 11.8. The third kappa shape index (κ3) is 3.65. The fourth-order valence-electron chi connectivity index (χ4n) is 1.82. The molecule has 0 unspecified atom stereocenters. The number of amides is 2. The largest absolute Gasteiger partial charge is 0.323 e. The topological polar surface area (TPSA) is 41.1 Å². The number of aryl methyl sites for hydroxylation is 1. The number of anilines is 2. The van der Waals surface area contributed by atoms with Crippen LogP contribution in [0.5, 0.6) is 0 Å². The molecule has 0 fully saturated rings. The van der Waals surface area contributed by atoms with Crippen molar-refractivity contribution in [1.82, 2.24) is 0 Å². The summed E-state index contributed by atoms with van der Waals surface area (Å²) in [4.78, 5) is 12.0. The van der Waals surface area contributed by atoms with E-state index >= 15 is 0 Å². The summed E-state index contributed by atoms with van der Waals surface area (Å²) in [5.74, 6) is 0. The zero-order valence-corrected chi connectivity index (χ0v) is 12.4. The molecule has 2 aromatic rings. The Kier molecular flexibility index (Phi) is 4.88. The Balaban J connectivity index is 2.09. The Morgan fingerprint density at radius 3 is 2.45 bits per heavy atom. The molecule has 2 aromatic carbocycles. The van der Waals surface area contributed by atoms with E-state index in [-0.39, 0.29) is 6.03 Å². The molecule has 2 rings (SSSR count). The molecule has 5 heteroatoms. The third-order valence-electron chi connectivity index (χ3n) is 2.83. The van der Waals surface area contributed by atoms with Gasteiger partial charge in [0.2, 0.25) is 0 Å². The number of hydrogen-bond donors (Lipinski definition) is 2. The van der Waals surface area contributed by atoms with Crippen LogP contribution in [0.2, 0.25) is 10.0 Å². The van der Waals surface area contributed by atoms with E-state index in [0.717, 1.165) is 17.7 Å². The minimum Gasteiger partial charge on any atom is -0.307 e. The summed E-state index contributed by atoms with van der Waals surface area (Å²) in [7, 11) is 0. The average molecular weight is 309 g/mol. The number of halogens is 2. The van der Waals surface area contributed by atoms with Crippen LogP contribution in [0.25, 0.3) is 0 Å². The lowest BCUT2D eigenvalue weighted by molar-refractivity contribution is 0.262. The number of para-hydroxylation sites is 1. The van der Waals surface area contributed by atoms with E-state index in [4.69, 9.17) is 23.2 Å². The van der Waals surface area contributed by atoms with Gasteiger partial charge in [-0.15, -0.1) is 0 Å². The first kappa shape index (κ1) is 14.7. The van der Waals surface area contributed by atoms with Crippen molar-refractivity contribution in [1.29, 1.82) is 0 Å². The van der Waals surface area contributed by atoms with Crippen molar-refractivity contribution in [2.45, 2.75) is 13.3 Å². The number of urea groups is 1. The molecule has 0 aliphatic rings. The van der Waals surface area contributed by atoms with Crippen molar-refractivity contribution in [3.63, 3.8) is 0 Å². The van der Waals surface area contributed by atoms with Crippen LogP contribution in [0.1, 0.15) is 12.5 Å². The second-order valence-electron chi connectivity index (χ2n) is 4.21. The molecule has 0 saturated carbocycles. The molecule has 0 heterocycles. The van der Waals surface area contributed by atoms with Gasteiger partial charge in [0.05, 0.1) is 10.7 Å². The van der Waals surface area contributed by atoms with Gasteiger partial charge in [0.15, 0.2) is 0 Å². The summed E-state index contributed by atoms with van der Waals surface area (Å²) in [5, 5.41) is 6.43. The molecule has 20 heavy (non-hydrogen) atoms. The quantitative estimate of drug-likeness (QED) is 0.804. The molecule has 0 aromatic heterocycles. The van der Waals surface area contributed by atoms with E-state index < -0.39 is 0 Å². The lowest BCUT2D eigenvalue weighted by atomic mass is 10.1. The number of carbonyl (C=O) groups excluding carboxylic acids is 1. The molecule has 2 N–H and O–H groups in total. The van der Waals surface area contributed by atoms with E-state index in [1.165, 1.54) is 0 Å². The molecule has 0 atom stereocenters. The molecule has 104 valence electrons. The van der Waals surface area contributed by atoms with Crippen LogP contribution in [0.3, 0.4) is 0 Å². The average Bonchev–Trinajstić information content (AvgIpc) is 2.42. The van der Waals surface area contributed by atoms with Gasteiger partial charge >= 0.3 is 6.03 Å². The van der Waals surface area contributed by atoms with Crippen molar-refractivity contribution in [2.24, 2.45) is 0 Å². The Morgan fingerprint density at radius 1 is 1.05 bits per heavy atom. The Bertz CT molecular complexity index is 629. The summed E-state index contributed by atoms with van der Waals surface area (Å²) < 4.78 is 0. The van der Waals surface area contributed by atoms with Gasteiger partial charge in [-0.2, -0.15) is 0 Å². The highest BCUT2D eigenvalue weighted by molar-refractivity contribution is 6.36. The molecule has 0 saturated heterocycles. The van der Waals surface area contributed by atoms with Gasteiger partial charge in [0.25, 0.3) is 0 Å². The van der Waals surface area contributed by atoms with E-state index in [2.05, 4.69) is 10.6 Å². The SMILES string of the molecule is CCc1ccccc1NC(=O)Nc1ccc(Cl)cc1Cl. The number of carbonyl (C=O) groups is 1. The maximum Gasteiger partial charge on any atom is 0.323 e. The first-order valence-corrected chi connectivity index (χ1v) is 6.96. The smallest absolute Gasteiger partial charge is 0.307 e. The van der Waals surface area contributed by atoms with Crippen LogP contribution in [-0.2, 0) is 6.42 Å². The number of nitrogens with one attached hydrogen (secondary N) is 2. The standard InChI is InChI=1S/C15H14Cl2N2O/c1-2-10-5-3-4-6-13(10)18-15(20)19-14-8-7-11(16)9-12(14)17/h3-9H,2H2,1H3,(H2,18,19,20). The molecule has 0 radical (unpaired) electrons. The Labute approximate surface area is 127 Å². The molecular formula is C15H14Cl2N2O. The van der Waals surface area contributed by atoms with Gasteiger partial charge in [0.1, 0.15) is 0 Å². The first-order chi connectivity index (χ1) is 9.60. The third-order valence-corrected chi connectivity index (χ3v) is 3.37. The molecule has 2 amide bonds.